The maximum Gasteiger partial charge on any atom is 0.126 e. The lowest BCUT2D eigenvalue weighted by Gasteiger charge is -2.19. The van der Waals surface area contributed by atoms with E-state index >= 15 is 0 Å². The van der Waals surface area contributed by atoms with Gasteiger partial charge in [0.2, 0.25) is 0 Å². The summed E-state index contributed by atoms with van der Waals surface area (Å²) in [5.41, 5.74) is 1.51. The van der Waals surface area contributed by atoms with Crippen LogP contribution in [0.4, 0.5) is 4.39 Å². The Morgan fingerprint density at radius 3 is 2.53 bits per heavy atom. The molecule has 0 heterocycles. The zero-order valence-electron chi connectivity index (χ0n) is 9.36. The van der Waals surface area contributed by atoms with Crippen molar-refractivity contribution in [1.82, 2.24) is 5.32 Å². The predicted octanol–water partition coefficient (Wildman–Crippen LogP) is 2.35. The van der Waals surface area contributed by atoms with Crippen molar-refractivity contribution in [3.63, 3.8) is 0 Å². The van der Waals surface area contributed by atoms with Gasteiger partial charge in [-0.1, -0.05) is 0 Å². The highest BCUT2D eigenvalue weighted by molar-refractivity contribution is 5.45. The van der Waals surface area contributed by atoms with Gasteiger partial charge in [-0.2, -0.15) is 0 Å². The highest BCUT2D eigenvalue weighted by Crippen LogP contribution is 2.48. The minimum absolute atomic E-state index is 0.0557. The van der Waals surface area contributed by atoms with Gasteiger partial charge in [-0.15, -0.1) is 0 Å². The first-order valence-corrected chi connectivity index (χ1v) is 5.16. The van der Waals surface area contributed by atoms with Gasteiger partial charge in [0.15, 0.2) is 0 Å². The minimum Gasteiger partial charge on any atom is -0.496 e. The highest BCUT2D eigenvalue weighted by Gasteiger charge is 2.45. The van der Waals surface area contributed by atoms with E-state index in [9.17, 15) is 4.39 Å². The molecule has 3 heteroatoms. The average Bonchev–Trinajstić information content (AvgIpc) is 3.02. The Kier molecular flexibility index (Phi) is 2.43. The van der Waals surface area contributed by atoms with E-state index in [2.05, 4.69) is 5.32 Å². The third-order valence-electron chi connectivity index (χ3n) is 3.22. The predicted molar refractivity (Wildman–Crippen MR) is 57.7 cm³/mol. The van der Waals surface area contributed by atoms with E-state index in [1.807, 2.05) is 7.05 Å². The van der Waals surface area contributed by atoms with E-state index in [4.69, 9.17) is 4.74 Å². The van der Waals surface area contributed by atoms with Gasteiger partial charge in [0.05, 0.1) is 7.11 Å². The maximum atomic E-state index is 13.5. The van der Waals surface area contributed by atoms with Gasteiger partial charge >= 0.3 is 0 Å². The number of rotatable bonds is 3. The summed E-state index contributed by atoms with van der Waals surface area (Å²) in [4.78, 5) is 0. The summed E-state index contributed by atoms with van der Waals surface area (Å²) in [6, 6.07) is 3.36. The third kappa shape index (κ3) is 1.61. The van der Waals surface area contributed by atoms with Crippen LogP contribution >= 0.6 is 0 Å². The molecular formula is C12H16FNO. The summed E-state index contributed by atoms with van der Waals surface area (Å²) >= 11 is 0. The van der Waals surface area contributed by atoms with Crippen molar-refractivity contribution in [3.05, 3.63) is 29.1 Å². The van der Waals surface area contributed by atoms with Crippen LogP contribution in [0.2, 0.25) is 0 Å². The summed E-state index contributed by atoms with van der Waals surface area (Å²) in [6.45, 7) is 1.75. The Morgan fingerprint density at radius 1 is 1.40 bits per heavy atom. The Morgan fingerprint density at radius 2 is 2.07 bits per heavy atom. The Bertz CT molecular complexity index is 385. The highest BCUT2D eigenvalue weighted by atomic mass is 19.1. The van der Waals surface area contributed by atoms with Crippen molar-refractivity contribution in [3.8, 4) is 5.75 Å². The second kappa shape index (κ2) is 3.49. The molecule has 0 aromatic heterocycles. The van der Waals surface area contributed by atoms with Gasteiger partial charge in [-0.05, 0) is 44.5 Å². The van der Waals surface area contributed by atoms with Gasteiger partial charge in [-0.3, -0.25) is 0 Å². The molecule has 15 heavy (non-hydrogen) atoms. The molecular weight excluding hydrogens is 193 g/mol. The van der Waals surface area contributed by atoms with E-state index in [1.54, 1.807) is 26.2 Å². The SMILES string of the molecule is CNC1(c2cc(F)c(C)cc2OC)CC1. The van der Waals surface area contributed by atoms with E-state index < -0.39 is 0 Å². The molecule has 0 saturated heterocycles. The van der Waals surface area contributed by atoms with Gasteiger partial charge < -0.3 is 10.1 Å². The fraction of sp³-hybridized carbons (Fsp3) is 0.500. The van der Waals surface area contributed by atoms with Gasteiger partial charge in [0, 0.05) is 11.1 Å². The molecule has 0 atom stereocenters. The van der Waals surface area contributed by atoms with Crippen LogP contribution in [0.3, 0.4) is 0 Å². The molecule has 1 fully saturated rings. The topological polar surface area (TPSA) is 21.3 Å². The first-order valence-electron chi connectivity index (χ1n) is 5.16. The van der Waals surface area contributed by atoms with Crippen molar-refractivity contribution in [2.24, 2.45) is 0 Å². The Labute approximate surface area is 89.4 Å². The normalized spacial score (nSPS) is 17.6. The Hall–Kier alpha value is -1.09. The van der Waals surface area contributed by atoms with Crippen LogP contribution in [0.1, 0.15) is 24.0 Å². The van der Waals surface area contributed by atoms with Crippen LogP contribution in [0.25, 0.3) is 0 Å². The van der Waals surface area contributed by atoms with Crippen LogP contribution in [-0.4, -0.2) is 14.2 Å². The fourth-order valence-corrected chi connectivity index (χ4v) is 1.98. The lowest BCUT2D eigenvalue weighted by Crippen LogP contribution is -2.25. The molecule has 1 aromatic rings. The number of hydrogen-bond acceptors (Lipinski definition) is 2. The molecule has 1 aliphatic rings. The standard InChI is InChI=1S/C12H16FNO/c1-8-6-11(15-3)9(7-10(8)13)12(14-2)4-5-12/h6-7,14H,4-5H2,1-3H3. The van der Waals surface area contributed by atoms with Crippen molar-refractivity contribution >= 4 is 0 Å². The summed E-state index contributed by atoms with van der Waals surface area (Å²) < 4.78 is 18.8. The lowest BCUT2D eigenvalue weighted by atomic mass is 10.0. The number of halogens is 1. The first kappa shape index (κ1) is 10.4. The van der Waals surface area contributed by atoms with Gasteiger partial charge in [0.1, 0.15) is 11.6 Å². The number of hydrogen-bond donors (Lipinski definition) is 1. The molecule has 2 rings (SSSR count). The minimum atomic E-state index is -0.160. The van der Waals surface area contributed by atoms with Crippen LogP contribution < -0.4 is 10.1 Å². The van der Waals surface area contributed by atoms with Crippen molar-refractivity contribution < 1.29 is 9.13 Å². The number of methoxy groups -OCH3 is 1. The summed E-state index contributed by atoms with van der Waals surface area (Å²) in [6.07, 6.45) is 2.09. The molecule has 82 valence electrons. The smallest absolute Gasteiger partial charge is 0.126 e. The van der Waals surface area contributed by atoms with Gasteiger partial charge in [0.25, 0.3) is 0 Å². The largest absolute Gasteiger partial charge is 0.496 e. The molecule has 1 saturated carbocycles. The molecule has 0 radical (unpaired) electrons. The number of nitrogens with one attached hydrogen (secondary N) is 1. The third-order valence-corrected chi connectivity index (χ3v) is 3.22. The first-order chi connectivity index (χ1) is 7.13. The molecule has 1 aromatic carbocycles. The Balaban J connectivity index is 2.50. The van der Waals surface area contributed by atoms with E-state index in [0.29, 0.717) is 5.56 Å². The molecule has 0 unspecified atom stereocenters. The molecule has 2 nitrogen and oxygen atoms in total. The van der Waals surface area contributed by atoms with E-state index in [1.165, 1.54) is 0 Å². The summed E-state index contributed by atoms with van der Waals surface area (Å²) in [7, 11) is 3.53. The average molecular weight is 209 g/mol. The maximum absolute atomic E-state index is 13.5. The van der Waals surface area contributed by atoms with Crippen molar-refractivity contribution in [2.45, 2.75) is 25.3 Å². The molecule has 0 spiro atoms. The monoisotopic (exact) mass is 209 g/mol. The second-order valence-electron chi connectivity index (χ2n) is 4.13. The zero-order valence-corrected chi connectivity index (χ0v) is 9.36. The number of aryl methyl sites for hydroxylation is 1. The second-order valence-corrected chi connectivity index (χ2v) is 4.13. The zero-order chi connectivity index (χ0) is 11.1. The summed E-state index contributed by atoms with van der Waals surface area (Å²) in [5.74, 6) is 0.619. The molecule has 0 bridgehead atoms. The number of benzene rings is 1. The molecule has 1 aliphatic carbocycles. The van der Waals surface area contributed by atoms with E-state index in [0.717, 1.165) is 24.2 Å². The quantitative estimate of drug-likeness (QED) is 0.825. The van der Waals surface area contributed by atoms with Crippen LogP contribution in [0.15, 0.2) is 12.1 Å². The van der Waals surface area contributed by atoms with Crippen LogP contribution in [0.5, 0.6) is 5.75 Å². The van der Waals surface area contributed by atoms with Crippen LogP contribution in [0, 0.1) is 12.7 Å². The summed E-state index contributed by atoms with van der Waals surface area (Å²) in [5, 5.41) is 3.24. The van der Waals surface area contributed by atoms with Gasteiger partial charge in [-0.25, -0.2) is 4.39 Å². The lowest BCUT2D eigenvalue weighted by molar-refractivity contribution is 0.396. The van der Waals surface area contributed by atoms with E-state index in [-0.39, 0.29) is 11.4 Å². The van der Waals surface area contributed by atoms with Crippen molar-refractivity contribution in [1.29, 1.82) is 0 Å². The molecule has 0 amide bonds. The molecule has 1 N–H and O–H groups in total. The van der Waals surface area contributed by atoms with Crippen LogP contribution in [-0.2, 0) is 5.54 Å². The molecule has 0 aliphatic heterocycles. The van der Waals surface area contributed by atoms with Crippen molar-refractivity contribution in [2.75, 3.05) is 14.2 Å². The number of ether oxygens (including phenoxy) is 1. The fourth-order valence-electron chi connectivity index (χ4n) is 1.98.